The fourth-order valence-electron chi connectivity index (χ4n) is 2.22. The lowest BCUT2D eigenvalue weighted by Crippen LogP contribution is -2.32. The Bertz CT molecular complexity index is 582. The van der Waals surface area contributed by atoms with Crippen LogP contribution in [-0.2, 0) is 6.42 Å². The quantitative estimate of drug-likeness (QED) is 0.649. The van der Waals surface area contributed by atoms with Crippen LogP contribution in [0, 0.1) is 5.82 Å². The molecule has 1 unspecified atom stereocenters. The lowest BCUT2D eigenvalue weighted by atomic mass is 10.0. The van der Waals surface area contributed by atoms with Crippen LogP contribution in [0.3, 0.4) is 0 Å². The largest absolute Gasteiger partial charge is 0.271 e. The van der Waals surface area contributed by atoms with Crippen LogP contribution in [0.2, 0.25) is 0 Å². The highest BCUT2D eigenvalue weighted by molar-refractivity contribution is 9.10. The Labute approximate surface area is 126 Å². The molecule has 0 saturated carbocycles. The zero-order chi connectivity index (χ0) is 14.7. The first-order chi connectivity index (χ1) is 9.52. The molecule has 1 aromatic heterocycles. The van der Waals surface area contributed by atoms with Crippen molar-refractivity contribution >= 4 is 15.9 Å². The predicted molar refractivity (Wildman–Crippen MR) is 80.5 cm³/mol. The maximum absolute atomic E-state index is 13.3. The molecule has 3 N–H and O–H groups in total. The summed E-state index contributed by atoms with van der Waals surface area (Å²) in [6.07, 6.45) is 2.34. The number of hydrogen-bond donors (Lipinski definition) is 2. The van der Waals surface area contributed by atoms with E-state index in [1.54, 1.807) is 12.3 Å². The summed E-state index contributed by atoms with van der Waals surface area (Å²) in [4.78, 5) is 0. The lowest BCUT2D eigenvalue weighted by molar-refractivity contribution is 0.446. The van der Waals surface area contributed by atoms with E-state index >= 15 is 0 Å². The van der Waals surface area contributed by atoms with Gasteiger partial charge < -0.3 is 0 Å². The van der Waals surface area contributed by atoms with Crippen molar-refractivity contribution in [2.45, 2.75) is 32.4 Å². The summed E-state index contributed by atoms with van der Waals surface area (Å²) in [5.74, 6) is 5.44. The van der Waals surface area contributed by atoms with E-state index in [1.807, 2.05) is 10.7 Å². The van der Waals surface area contributed by atoms with Gasteiger partial charge in [0.15, 0.2) is 0 Å². The third kappa shape index (κ3) is 3.26. The molecule has 108 valence electrons. The van der Waals surface area contributed by atoms with Gasteiger partial charge in [0.2, 0.25) is 0 Å². The molecular formula is C14H18BrFN4. The highest BCUT2D eigenvalue weighted by Crippen LogP contribution is 2.28. The molecule has 0 radical (unpaired) electrons. The van der Waals surface area contributed by atoms with Crippen LogP contribution in [0.15, 0.2) is 34.9 Å². The van der Waals surface area contributed by atoms with Crippen LogP contribution in [0.4, 0.5) is 4.39 Å². The second-order valence-corrected chi connectivity index (χ2v) is 5.82. The van der Waals surface area contributed by atoms with Crippen molar-refractivity contribution in [3.05, 3.63) is 52.0 Å². The number of benzene rings is 1. The third-order valence-corrected chi connectivity index (χ3v) is 3.75. The minimum atomic E-state index is -0.241. The Morgan fingerprint density at radius 2 is 2.20 bits per heavy atom. The Hall–Kier alpha value is -1.24. The fraction of sp³-hybridized carbons (Fsp3) is 0.357. The molecule has 6 heteroatoms. The molecule has 0 amide bonds. The summed E-state index contributed by atoms with van der Waals surface area (Å²) in [7, 11) is 0. The SMILES string of the molecule is CC(C)n1ncc(Br)c1C(Cc1cccc(F)c1)NN. The minimum Gasteiger partial charge on any atom is -0.271 e. The summed E-state index contributed by atoms with van der Waals surface area (Å²) in [6.45, 7) is 4.11. The van der Waals surface area contributed by atoms with Gasteiger partial charge in [-0.05, 0) is 53.9 Å². The van der Waals surface area contributed by atoms with Gasteiger partial charge in [-0.2, -0.15) is 5.10 Å². The molecule has 2 rings (SSSR count). The van der Waals surface area contributed by atoms with E-state index in [1.165, 1.54) is 12.1 Å². The third-order valence-electron chi connectivity index (χ3n) is 3.14. The molecule has 1 aromatic carbocycles. The molecule has 1 heterocycles. The fourth-order valence-corrected chi connectivity index (χ4v) is 2.77. The molecule has 0 fully saturated rings. The van der Waals surface area contributed by atoms with Crippen LogP contribution < -0.4 is 11.3 Å². The van der Waals surface area contributed by atoms with E-state index in [0.717, 1.165) is 15.7 Å². The molecule has 0 aliphatic carbocycles. The second kappa shape index (κ2) is 6.47. The number of rotatable bonds is 5. The summed E-state index contributed by atoms with van der Waals surface area (Å²) in [6, 6.07) is 6.62. The number of nitrogens with one attached hydrogen (secondary N) is 1. The minimum absolute atomic E-state index is 0.143. The summed E-state index contributed by atoms with van der Waals surface area (Å²) in [5.41, 5.74) is 4.65. The molecular weight excluding hydrogens is 323 g/mol. The number of hydrogen-bond acceptors (Lipinski definition) is 3. The van der Waals surface area contributed by atoms with Crippen LogP contribution in [-0.4, -0.2) is 9.78 Å². The number of nitrogens with two attached hydrogens (primary N) is 1. The maximum Gasteiger partial charge on any atom is 0.123 e. The van der Waals surface area contributed by atoms with E-state index in [2.05, 4.69) is 40.3 Å². The Morgan fingerprint density at radius 3 is 2.80 bits per heavy atom. The Kier molecular flexibility index (Phi) is 4.91. The van der Waals surface area contributed by atoms with Gasteiger partial charge in [-0.15, -0.1) is 0 Å². The number of aromatic nitrogens is 2. The molecule has 4 nitrogen and oxygen atoms in total. The van der Waals surface area contributed by atoms with Crippen molar-refractivity contribution in [2.24, 2.45) is 5.84 Å². The average molecular weight is 341 g/mol. The van der Waals surface area contributed by atoms with Crippen LogP contribution in [0.25, 0.3) is 0 Å². The molecule has 20 heavy (non-hydrogen) atoms. The van der Waals surface area contributed by atoms with Crippen LogP contribution in [0.1, 0.15) is 37.2 Å². The molecule has 1 atom stereocenters. The molecule has 0 saturated heterocycles. The zero-order valence-electron chi connectivity index (χ0n) is 11.5. The maximum atomic E-state index is 13.3. The van der Waals surface area contributed by atoms with Crippen molar-refractivity contribution in [3.63, 3.8) is 0 Å². The molecule has 0 bridgehead atoms. The highest BCUT2D eigenvalue weighted by atomic mass is 79.9. The van der Waals surface area contributed by atoms with Crippen molar-refractivity contribution in [1.82, 2.24) is 15.2 Å². The van der Waals surface area contributed by atoms with Crippen LogP contribution >= 0.6 is 15.9 Å². The normalized spacial score (nSPS) is 12.9. The van der Waals surface area contributed by atoms with Gasteiger partial charge in [-0.3, -0.25) is 16.0 Å². The molecule has 0 spiro atoms. The molecule has 0 aliphatic heterocycles. The van der Waals surface area contributed by atoms with Crippen molar-refractivity contribution in [2.75, 3.05) is 0 Å². The van der Waals surface area contributed by atoms with E-state index in [9.17, 15) is 4.39 Å². The summed E-state index contributed by atoms with van der Waals surface area (Å²) < 4.78 is 16.1. The number of hydrazine groups is 1. The molecule has 0 aliphatic rings. The van der Waals surface area contributed by atoms with Gasteiger partial charge in [0.25, 0.3) is 0 Å². The van der Waals surface area contributed by atoms with Gasteiger partial charge in [0.05, 0.1) is 22.4 Å². The average Bonchev–Trinajstić information content (AvgIpc) is 2.78. The smallest absolute Gasteiger partial charge is 0.123 e. The van der Waals surface area contributed by atoms with E-state index < -0.39 is 0 Å². The summed E-state index contributed by atoms with van der Waals surface area (Å²) in [5, 5.41) is 4.34. The van der Waals surface area contributed by atoms with Gasteiger partial charge >= 0.3 is 0 Å². The number of halogens is 2. The van der Waals surface area contributed by atoms with Crippen molar-refractivity contribution in [3.8, 4) is 0 Å². The molecule has 2 aromatic rings. The first-order valence-corrected chi connectivity index (χ1v) is 7.25. The van der Waals surface area contributed by atoms with E-state index in [4.69, 9.17) is 5.84 Å². The van der Waals surface area contributed by atoms with Gasteiger partial charge in [0, 0.05) is 6.04 Å². The lowest BCUT2D eigenvalue weighted by Gasteiger charge is -2.20. The van der Waals surface area contributed by atoms with Gasteiger partial charge in [0.1, 0.15) is 5.82 Å². The topological polar surface area (TPSA) is 55.9 Å². The van der Waals surface area contributed by atoms with Crippen molar-refractivity contribution < 1.29 is 4.39 Å². The first kappa shape index (κ1) is 15.2. The zero-order valence-corrected chi connectivity index (χ0v) is 13.1. The second-order valence-electron chi connectivity index (χ2n) is 4.97. The highest BCUT2D eigenvalue weighted by Gasteiger charge is 2.21. The van der Waals surface area contributed by atoms with Gasteiger partial charge in [-0.1, -0.05) is 12.1 Å². The van der Waals surface area contributed by atoms with Crippen molar-refractivity contribution in [1.29, 1.82) is 0 Å². The first-order valence-electron chi connectivity index (χ1n) is 6.46. The number of nitrogens with zero attached hydrogens (tertiary/aromatic N) is 2. The summed E-state index contributed by atoms with van der Waals surface area (Å²) >= 11 is 3.50. The Morgan fingerprint density at radius 1 is 1.45 bits per heavy atom. The standard InChI is InChI=1S/C14H18BrFN4/c1-9(2)20-14(12(15)8-18-20)13(19-17)7-10-4-3-5-11(16)6-10/h3-6,8-9,13,19H,7,17H2,1-2H3. The Balaban J connectivity index is 2.31. The monoisotopic (exact) mass is 340 g/mol. The van der Waals surface area contributed by atoms with E-state index in [-0.39, 0.29) is 17.9 Å². The predicted octanol–water partition coefficient (Wildman–Crippen LogP) is 3.11. The van der Waals surface area contributed by atoms with Crippen LogP contribution in [0.5, 0.6) is 0 Å². The van der Waals surface area contributed by atoms with E-state index in [0.29, 0.717) is 6.42 Å². The van der Waals surface area contributed by atoms with Gasteiger partial charge in [-0.25, -0.2) is 4.39 Å².